The molecule has 8 rings (SSSR count). The van der Waals surface area contributed by atoms with Gasteiger partial charge in [0.05, 0.1) is 31.1 Å². The van der Waals surface area contributed by atoms with Crippen molar-refractivity contribution < 1.29 is 121 Å². The van der Waals surface area contributed by atoms with Crippen LogP contribution >= 0.6 is 22.7 Å². The van der Waals surface area contributed by atoms with Crippen LogP contribution in [0.4, 0.5) is 14.4 Å². The van der Waals surface area contributed by atoms with Gasteiger partial charge in [-0.2, -0.15) is 11.3 Å². The monoisotopic (exact) mass is 2080 g/mol. The Kier molecular flexibility index (Phi) is 48.2. The second-order valence-electron chi connectivity index (χ2n) is 38.3. The number of hydrogen-bond donors (Lipinski definition) is 20. The highest BCUT2D eigenvalue weighted by molar-refractivity contribution is 7.17. The Balaban J connectivity index is 1.02. The first-order chi connectivity index (χ1) is 70.1. The number of urea groups is 2. The lowest BCUT2D eigenvalue weighted by molar-refractivity contribution is -0.140. The molecule has 13 atom stereocenters. The van der Waals surface area contributed by atoms with Gasteiger partial charge in [0.1, 0.15) is 72.2 Å². The number of thiophene rings is 2. The van der Waals surface area contributed by atoms with Gasteiger partial charge in [0, 0.05) is 75.9 Å². The summed E-state index contributed by atoms with van der Waals surface area (Å²) in [6.07, 6.45) is 11.0. The van der Waals surface area contributed by atoms with Crippen LogP contribution in [-0.2, 0) is 107 Å². The zero-order valence-electron chi connectivity index (χ0n) is 83.7. The van der Waals surface area contributed by atoms with Crippen LogP contribution < -0.4 is 85.5 Å². The lowest BCUT2D eigenvalue weighted by Crippen LogP contribution is -2.64. The minimum Gasteiger partial charge on any atom is -0.481 e. The van der Waals surface area contributed by atoms with Crippen LogP contribution in [0.2, 0.25) is 0 Å². The first-order valence-electron chi connectivity index (χ1n) is 49.7. The van der Waals surface area contributed by atoms with E-state index >= 15 is 14.4 Å². The highest BCUT2D eigenvalue weighted by atomic mass is 32.1. The molecule has 147 heavy (non-hydrogen) atoms. The normalized spacial score (nSPS) is 22.2. The van der Waals surface area contributed by atoms with Crippen LogP contribution in [0.3, 0.4) is 0 Å². The number of fused-ring (bicyclic) bond motifs is 3. The molecule has 1 spiro atoms. The van der Waals surface area contributed by atoms with Gasteiger partial charge in [0.15, 0.2) is 0 Å². The van der Waals surface area contributed by atoms with E-state index in [-0.39, 0.29) is 115 Å². The molecule has 43 nitrogen and oxygen atoms in total. The average molecular weight is 2080 g/mol. The number of carbonyl (C=O) groups is 20. The summed E-state index contributed by atoms with van der Waals surface area (Å²) < 4.78 is 6.55. The summed E-state index contributed by atoms with van der Waals surface area (Å²) in [5.74, 6) is -16.4. The first kappa shape index (κ1) is 118. The van der Waals surface area contributed by atoms with E-state index in [4.69, 9.17) is 10.5 Å². The quantitative estimate of drug-likeness (QED) is 0.0158. The van der Waals surface area contributed by atoms with Gasteiger partial charge in [-0.05, 0) is 196 Å². The molecule has 1 saturated carbocycles. The van der Waals surface area contributed by atoms with Crippen LogP contribution in [0, 0.1) is 5.41 Å². The van der Waals surface area contributed by atoms with Crippen molar-refractivity contribution in [1.29, 1.82) is 0 Å². The average Bonchev–Trinajstić information content (AvgIpc) is 1.71. The highest BCUT2D eigenvalue weighted by Crippen LogP contribution is 2.32. The Labute approximate surface area is 860 Å². The van der Waals surface area contributed by atoms with E-state index in [1.807, 2.05) is 41.8 Å². The molecule has 45 heteroatoms. The lowest BCUT2D eigenvalue weighted by atomic mass is 9.87. The summed E-state index contributed by atoms with van der Waals surface area (Å²) in [5, 5.41) is 86.8. The van der Waals surface area contributed by atoms with Crippen LogP contribution in [0.5, 0.6) is 0 Å². The van der Waals surface area contributed by atoms with Gasteiger partial charge in [-0.25, -0.2) is 19.2 Å². The molecule has 2 fully saturated rings. The van der Waals surface area contributed by atoms with Gasteiger partial charge < -0.3 is 116 Å². The number of nitrogens with one attached hydrogen (secondary N) is 15. The number of allylic oxidation sites excluding steroid dienone is 4. The standard InChI is InChI=1S/C102H140N18O25S2/c1-62(85(103)128)106-87(130)73(110-91(134)77(54-69-60-147-81-38-24-23-36-71(69)81)113-89(132)74(105-61-121)53-67-42-49-146-59-67)39-40-82(123)104-45-28-25-37-72-88(131)108-70-41-47-119(58-70)100(144)145-48-30-19-17-15-13-11-9-7-8-10-12-14-16-18-29-46-120(64(3)122)99(143)116-79(56-84(126)127)93(136)114-80(57-101(4,5)6)94(137)117-98(142)115-78(55-83(124)125)92(135)112-76(52-66-34-31-35-68(50-66)96(139)140)95(138)118-102(43-26-27-44-102)97(141)107-63(2)86(129)111-75(90(133)109-72)51-65-32-21-20-22-33-65/h12,14-15,17,20-24,31-36,38,42,49-50,59-63,70,72-80,94,137H,7-11,13,16,18-19,25-30,37,39-41,43-48,51-58H2,1-6H3,(H2,103,128)(H,104,123)(H,105,121)(H,106,130)(H,107,141)(H,108,131)(H,109,133)(H,110,134)(H,111,129)(H,112,135)(H,113,132)(H,114,136)(H,116,143)(H,118,138)(H,124,125)(H,126,127)(H,139,140)(H2,115,117,142)/b14-12-,17-15+/t62-,63-,70-,72-,73-,74-,75-,76-,77-,78-,79-,80-,94?/m0/s1. The number of nitrogens with two attached hydrogens (primary N) is 1. The molecule has 2 aromatic heterocycles. The molecule has 21 N–H and O–H groups in total. The van der Waals surface area contributed by atoms with Gasteiger partial charge in [-0.1, -0.05) is 131 Å². The maximum absolute atomic E-state index is 15.2. The number of aromatic carboxylic acids is 1. The number of carbonyl (C=O) groups excluding carboxylic acids is 17. The van der Waals surface area contributed by atoms with E-state index in [9.17, 15) is 102 Å². The highest BCUT2D eigenvalue weighted by Gasteiger charge is 2.46. The van der Waals surface area contributed by atoms with E-state index < -0.39 is 228 Å². The topological polar surface area (TPSA) is 644 Å². The third-order valence-electron chi connectivity index (χ3n) is 25.1. The molecule has 4 heterocycles. The Morgan fingerprint density at radius 3 is 1.83 bits per heavy atom. The number of aliphatic hydroxyl groups excluding tert-OH is 1. The molecule has 2 aliphatic heterocycles. The zero-order chi connectivity index (χ0) is 107. The number of aliphatic carboxylic acids is 2. The largest absolute Gasteiger partial charge is 0.481 e. The molecule has 2 bridgehead atoms. The number of imide groups is 1. The van der Waals surface area contributed by atoms with E-state index in [2.05, 4.69) is 91.9 Å². The van der Waals surface area contributed by atoms with Crippen molar-refractivity contribution in [3.8, 4) is 0 Å². The number of unbranched alkanes of at least 4 members (excludes halogenated alkanes) is 1. The number of rotatable bonds is 31. The number of hydrogen-bond acceptors (Lipinski definition) is 24. The fourth-order valence-corrected chi connectivity index (χ4v) is 18.7. The molecule has 1 aliphatic carbocycles. The van der Waals surface area contributed by atoms with Crippen molar-refractivity contribution >= 4 is 152 Å². The Hall–Kier alpha value is -14.2. The van der Waals surface area contributed by atoms with E-state index in [0.29, 0.717) is 62.5 Å². The fraction of sp³-hybridized carbons (Fsp3) is 0.529. The third kappa shape index (κ3) is 40.6. The molecule has 3 aliphatic rings. The van der Waals surface area contributed by atoms with E-state index in [1.54, 1.807) is 67.9 Å². The number of aliphatic hydroxyl groups is 1. The molecular formula is C102H140N18O25S2. The maximum Gasteiger partial charge on any atom is 0.409 e. The maximum atomic E-state index is 15.2. The zero-order valence-corrected chi connectivity index (χ0v) is 85.3. The molecule has 19 amide bonds. The number of primary amides is 1. The lowest BCUT2D eigenvalue weighted by Gasteiger charge is -2.33. The smallest absolute Gasteiger partial charge is 0.409 e. The first-order valence-corrected chi connectivity index (χ1v) is 51.5. The van der Waals surface area contributed by atoms with Crippen LogP contribution in [0.1, 0.15) is 228 Å². The molecule has 0 radical (unpaired) electrons. The number of cyclic esters (lactones) is 1. The molecule has 3 aromatic carbocycles. The summed E-state index contributed by atoms with van der Waals surface area (Å²) >= 11 is 2.78. The van der Waals surface area contributed by atoms with Crippen LogP contribution in [0.15, 0.2) is 125 Å². The number of nitrogens with zero attached hydrogens (tertiary/aromatic N) is 2. The van der Waals surface area contributed by atoms with Gasteiger partial charge in [0.25, 0.3) is 0 Å². The molecule has 1 saturated heterocycles. The Morgan fingerprint density at radius 1 is 0.592 bits per heavy atom. The minimum absolute atomic E-state index is 0.0296. The van der Waals surface area contributed by atoms with E-state index in [0.717, 1.165) is 66.0 Å². The van der Waals surface area contributed by atoms with Crippen molar-refractivity contribution in [2.75, 3.05) is 32.8 Å². The summed E-state index contributed by atoms with van der Waals surface area (Å²) in [5.41, 5.74) is 4.65. The van der Waals surface area contributed by atoms with Crippen LogP contribution in [-0.4, -0.2) is 267 Å². The van der Waals surface area contributed by atoms with Crippen molar-refractivity contribution in [2.45, 2.75) is 306 Å². The van der Waals surface area contributed by atoms with Gasteiger partial charge in [0.2, 0.25) is 83.2 Å². The molecule has 1 unspecified atom stereocenters. The number of carboxylic acids is 3. The van der Waals surface area contributed by atoms with Crippen molar-refractivity contribution in [3.63, 3.8) is 0 Å². The number of amides is 19. The summed E-state index contributed by atoms with van der Waals surface area (Å²) in [6.45, 7) is 8.97. The molecule has 800 valence electrons. The fourth-order valence-electron chi connectivity index (χ4n) is 17.1. The van der Waals surface area contributed by atoms with E-state index in [1.165, 1.54) is 65.7 Å². The predicted octanol–water partition coefficient (Wildman–Crippen LogP) is 4.99. The summed E-state index contributed by atoms with van der Waals surface area (Å²) in [4.78, 5) is 278. The van der Waals surface area contributed by atoms with Gasteiger partial charge in [-0.15, -0.1) is 11.3 Å². The predicted molar refractivity (Wildman–Crippen MR) is 543 cm³/mol. The SMILES string of the molecule is CC(=O)N1CCCC/C=C\CCCCCC/C=C/CCCOC(=O)N2CC[C@@H](C2)NC(=O)[C@H](CCCCNC(=O)CC[C@H](NC(=O)[C@H](Cc2csc3ccccc23)NC(=O)[C@H](Cc2ccsc2)NC=O)C(=O)N[C@@H](C)C(N)=O)NC(=O)[C@H](Cc2ccccc2)NC(=O)[C@H](C)NC(=O)C2(CCCC2)NC(=O)[C@H](Cc2cccc(C(=O)O)c2)NC(=O)[C@H](CC(=O)O)NC(=O)NC(O)[C@H](CC(C)(C)C)NC(=O)[C@H](CC(=O)O)NC1=O. The Morgan fingerprint density at radius 2 is 1.18 bits per heavy atom. The molecular weight excluding hydrogens is 1940 g/mol. The number of ether oxygens (including phenoxy) is 1. The van der Waals surface area contributed by atoms with Gasteiger partial charge >= 0.3 is 36.1 Å². The van der Waals surface area contributed by atoms with Crippen molar-refractivity contribution in [2.24, 2.45) is 11.1 Å². The summed E-state index contributed by atoms with van der Waals surface area (Å²) in [7, 11) is 0. The Bertz CT molecular complexity index is 5420. The van der Waals surface area contributed by atoms with Gasteiger partial charge in [-0.3, -0.25) is 81.6 Å². The van der Waals surface area contributed by atoms with Crippen LogP contribution in [0.25, 0.3) is 10.1 Å². The second-order valence-corrected chi connectivity index (χ2v) is 40.0. The number of carboxylic acid groups (broad SMARTS) is 3. The summed E-state index contributed by atoms with van der Waals surface area (Å²) in [6, 6.07) is 2.61. The van der Waals surface area contributed by atoms with Crippen molar-refractivity contribution in [3.05, 3.63) is 153 Å². The minimum atomic E-state index is -2.12. The third-order valence-corrected chi connectivity index (χ3v) is 26.9. The molecule has 5 aromatic rings. The second kappa shape index (κ2) is 60.0. The number of benzene rings is 3. The van der Waals surface area contributed by atoms with Crippen molar-refractivity contribution in [1.82, 2.24) is 89.6 Å².